The lowest BCUT2D eigenvalue weighted by Gasteiger charge is -2.22. The maximum atomic E-state index is 4.66. The molecular weight excluding hydrogens is 488 g/mol. The van der Waals surface area contributed by atoms with E-state index in [4.69, 9.17) is 0 Å². The number of H-pyrrole nitrogens is 2. The van der Waals surface area contributed by atoms with E-state index in [1.165, 1.54) is 86.5 Å². The van der Waals surface area contributed by atoms with Gasteiger partial charge in [-0.1, -0.05) is 105 Å². The molecule has 2 heterocycles. The van der Waals surface area contributed by atoms with Crippen LogP contribution in [-0.2, 0) is 0 Å². The van der Waals surface area contributed by atoms with Crippen LogP contribution in [0.3, 0.4) is 0 Å². The molecule has 4 nitrogen and oxygen atoms in total. The molecule has 2 N–H and O–H groups in total. The van der Waals surface area contributed by atoms with Crippen LogP contribution < -0.4 is 0 Å². The molecule has 5 aromatic rings. The number of aromatic nitrogens is 4. The van der Waals surface area contributed by atoms with E-state index in [1.807, 2.05) is 0 Å². The third kappa shape index (κ3) is 5.28. The van der Waals surface area contributed by atoms with E-state index >= 15 is 0 Å². The van der Waals surface area contributed by atoms with Gasteiger partial charge in [0.25, 0.3) is 0 Å². The Labute approximate surface area is 237 Å². The topological polar surface area (TPSA) is 57.4 Å². The Balaban J connectivity index is 1.07. The minimum Gasteiger partial charge on any atom is -0.277 e. The van der Waals surface area contributed by atoms with Gasteiger partial charge in [0, 0.05) is 11.1 Å². The minimum atomic E-state index is 0.728. The fraction of sp³-hybridized carbons (Fsp3) is 0.333. The maximum absolute atomic E-state index is 4.66. The van der Waals surface area contributed by atoms with Gasteiger partial charge in [-0.25, -0.2) is 0 Å². The molecule has 40 heavy (non-hydrogen) atoms. The summed E-state index contributed by atoms with van der Waals surface area (Å²) in [5.41, 5.74) is 11.5. The van der Waals surface area contributed by atoms with Gasteiger partial charge >= 0.3 is 0 Å². The molecule has 2 aliphatic rings. The molecule has 0 spiro atoms. The molecule has 0 saturated heterocycles. The summed E-state index contributed by atoms with van der Waals surface area (Å²) in [6, 6.07) is 31.0. The van der Waals surface area contributed by atoms with Gasteiger partial charge in [-0.3, -0.25) is 10.2 Å². The molecule has 0 radical (unpaired) electrons. The second-order valence-corrected chi connectivity index (χ2v) is 11.8. The van der Waals surface area contributed by atoms with Crippen LogP contribution >= 0.6 is 0 Å². The Hall–Kier alpha value is -3.92. The normalized spacial score (nSPS) is 16.8. The highest BCUT2D eigenvalue weighted by Gasteiger charge is 2.17. The molecule has 2 aliphatic carbocycles. The second kappa shape index (κ2) is 11.3. The number of nitrogens with zero attached hydrogens (tertiary/aromatic N) is 2. The van der Waals surface area contributed by atoms with Crippen LogP contribution in [0.25, 0.3) is 45.0 Å². The first-order valence-electron chi connectivity index (χ1n) is 15.2. The number of rotatable bonds is 6. The first-order chi connectivity index (χ1) is 19.8. The van der Waals surface area contributed by atoms with Crippen LogP contribution in [0.2, 0.25) is 0 Å². The monoisotopic (exact) mass is 526 g/mol. The highest BCUT2D eigenvalue weighted by atomic mass is 15.1. The lowest BCUT2D eigenvalue weighted by molar-refractivity contribution is 0.443. The highest BCUT2D eigenvalue weighted by molar-refractivity contribution is 5.74. The molecular formula is C36H38N4. The van der Waals surface area contributed by atoms with Gasteiger partial charge in [0.05, 0.1) is 22.8 Å². The molecule has 7 rings (SSSR count). The van der Waals surface area contributed by atoms with Crippen molar-refractivity contribution in [3.63, 3.8) is 0 Å². The van der Waals surface area contributed by atoms with Crippen molar-refractivity contribution >= 4 is 0 Å². The summed E-state index contributed by atoms with van der Waals surface area (Å²) in [7, 11) is 0. The van der Waals surface area contributed by atoms with Crippen LogP contribution in [-0.4, -0.2) is 20.4 Å². The Morgan fingerprint density at radius 2 is 0.875 bits per heavy atom. The Kier molecular flexibility index (Phi) is 7.08. The van der Waals surface area contributed by atoms with Crippen molar-refractivity contribution < 1.29 is 0 Å². The first kappa shape index (κ1) is 25.1. The highest BCUT2D eigenvalue weighted by Crippen LogP contribution is 2.35. The molecule has 2 saturated carbocycles. The van der Waals surface area contributed by atoms with Gasteiger partial charge in [0.2, 0.25) is 0 Å². The summed E-state index contributed by atoms with van der Waals surface area (Å²) in [6.45, 7) is 0. The summed E-state index contributed by atoms with van der Waals surface area (Å²) >= 11 is 0. The van der Waals surface area contributed by atoms with Gasteiger partial charge in [-0.2, -0.15) is 10.2 Å². The average molecular weight is 527 g/mol. The van der Waals surface area contributed by atoms with Crippen molar-refractivity contribution in [3.05, 3.63) is 96.1 Å². The SMILES string of the molecule is c1cc(-c2cc(-c3ccc(C4CCCCC4)cc3)[nH]n2)cc(-c2cc(-c3ccc(C4CCCCC4)cc3)[nH]n2)c1. The third-order valence-corrected chi connectivity index (χ3v) is 9.21. The standard InChI is InChI=1S/C36H38N4/c1-3-8-25(9-4-1)27-14-18-29(19-15-27)33-23-35(39-37-33)31-12-7-13-32(22-31)36-24-34(38-40-36)30-20-16-28(17-21-30)26-10-5-2-6-11-26/h7,12-26H,1-6,8-11H2,(H,37,39)(H,38,40). The van der Waals surface area contributed by atoms with Crippen molar-refractivity contribution in [2.24, 2.45) is 0 Å². The van der Waals surface area contributed by atoms with Gasteiger partial charge in [-0.15, -0.1) is 0 Å². The zero-order chi connectivity index (χ0) is 26.7. The van der Waals surface area contributed by atoms with Gasteiger partial charge < -0.3 is 0 Å². The largest absolute Gasteiger partial charge is 0.277 e. The Morgan fingerprint density at radius 1 is 0.450 bits per heavy atom. The zero-order valence-electron chi connectivity index (χ0n) is 23.2. The van der Waals surface area contributed by atoms with Gasteiger partial charge in [0.15, 0.2) is 0 Å². The summed E-state index contributed by atoms with van der Waals surface area (Å²) < 4.78 is 0. The quantitative estimate of drug-likeness (QED) is 0.231. The average Bonchev–Trinajstić information content (AvgIpc) is 3.74. The predicted octanol–water partition coefficient (Wildman–Crippen LogP) is 9.90. The molecule has 0 unspecified atom stereocenters. The smallest absolute Gasteiger partial charge is 0.0927 e. The molecule has 0 aliphatic heterocycles. The van der Waals surface area contributed by atoms with Crippen molar-refractivity contribution in [3.8, 4) is 45.0 Å². The van der Waals surface area contributed by atoms with Crippen molar-refractivity contribution in [2.45, 2.75) is 76.0 Å². The number of nitrogens with one attached hydrogen (secondary N) is 2. The first-order valence-corrected chi connectivity index (χ1v) is 15.2. The molecule has 0 amide bonds. The molecule has 0 atom stereocenters. The number of hydrogen-bond acceptors (Lipinski definition) is 2. The van der Waals surface area contributed by atoms with Crippen LogP contribution in [0.5, 0.6) is 0 Å². The molecule has 2 aromatic heterocycles. The zero-order valence-corrected chi connectivity index (χ0v) is 23.2. The van der Waals surface area contributed by atoms with E-state index in [2.05, 4.69) is 105 Å². The van der Waals surface area contributed by atoms with Crippen LogP contribution in [0, 0.1) is 0 Å². The number of aromatic amines is 2. The van der Waals surface area contributed by atoms with E-state index in [9.17, 15) is 0 Å². The molecule has 202 valence electrons. The maximum Gasteiger partial charge on any atom is 0.0927 e. The van der Waals surface area contributed by atoms with E-state index in [0.717, 1.165) is 45.7 Å². The van der Waals surface area contributed by atoms with Gasteiger partial charge in [-0.05, 0) is 78.0 Å². The summed E-state index contributed by atoms with van der Waals surface area (Å²) in [5.74, 6) is 1.46. The van der Waals surface area contributed by atoms with Crippen molar-refractivity contribution in [1.29, 1.82) is 0 Å². The minimum absolute atomic E-state index is 0.728. The number of hydrogen-bond donors (Lipinski definition) is 2. The molecule has 4 heteroatoms. The van der Waals surface area contributed by atoms with Crippen LogP contribution in [0.4, 0.5) is 0 Å². The molecule has 3 aromatic carbocycles. The van der Waals surface area contributed by atoms with E-state index in [0.29, 0.717) is 0 Å². The van der Waals surface area contributed by atoms with Crippen LogP contribution in [0.1, 0.15) is 87.2 Å². The van der Waals surface area contributed by atoms with Gasteiger partial charge in [0.1, 0.15) is 0 Å². The van der Waals surface area contributed by atoms with E-state index in [-0.39, 0.29) is 0 Å². The Bertz CT molecular complexity index is 1430. The lowest BCUT2D eigenvalue weighted by Crippen LogP contribution is -2.04. The fourth-order valence-electron chi connectivity index (χ4n) is 6.81. The second-order valence-electron chi connectivity index (χ2n) is 11.8. The fourth-order valence-corrected chi connectivity index (χ4v) is 6.81. The summed E-state index contributed by atoms with van der Waals surface area (Å²) in [5, 5.41) is 15.8. The van der Waals surface area contributed by atoms with Crippen molar-refractivity contribution in [2.75, 3.05) is 0 Å². The molecule has 2 fully saturated rings. The van der Waals surface area contributed by atoms with Crippen molar-refractivity contribution in [1.82, 2.24) is 20.4 Å². The lowest BCUT2D eigenvalue weighted by atomic mass is 9.84. The molecule has 0 bridgehead atoms. The Morgan fingerprint density at radius 3 is 1.30 bits per heavy atom. The summed E-state index contributed by atoms with van der Waals surface area (Å²) in [6.07, 6.45) is 13.5. The summed E-state index contributed by atoms with van der Waals surface area (Å²) in [4.78, 5) is 0. The number of benzene rings is 3. The van der Waals surface area contributed by atoms with E-state index in [1.54, 1.807) is 0 Å². The third-order valence-electron chi connectivity index (χ3n) is 9.21. The van der Waals surface area contributed by atoms with Crippen LogP contribution in [0.15, 0.2) is 84.9 Å². The van der Waals surface area contributed by atoms with E-state index < -0.39 is 0 Å². The predicted molar refractivity (Wildman–Crippen MR) is 164 cm³/mol.